The number of nitrogens with zero attached hydrogens (tertiary/aromatic N) is 1. The van der Waals surface area contributed by atoms with Gasteiger partial charge in [0.2, 0.25) is 0 Å². The third-order valence-electron chi connectivity index (χ3n) is 3.26. The van der Waals surface area contributed by atoms with Gasteiger partial charge in [-0.15, -0.1) is 0 Å². The van der Waals surface area contributed by atoms with E-state index in [0.717, 1.165) is 24.5 Å². The first-order valence-corrected chi connectivity index (χ1v) is 6.22. The summed E-state index contributed by atoms with van der Waals surface area (Å²) in [6.07, 6.45) is 1.33. The molecule has 0 spiro atoms. The fourth-order valence-electron chi connectivity index (χ4n) is 2.30. The summed E-state index contributed by atoms with van der Waals surface area (Å²) in [5.74, 6) is -0.207. The van der Waals surface area contributed by atoms with Crippen molar-refractivity contribution in [3.8, 4) is 0 Å². The molecule has 2 rings (SSSR count). The fraction of sp³-hybridized carbons (Fsp3) is 0.462. The molecule has 1 heterocycles. The Morgan fingerprint density at radius 2 is 2.12 bits per heavy atom. The first-order valence-electron chi connectivity index (χ1n) is 5.85. The Morgan fingerprint density at radius 3 is 2.76 bits per heavy atom. The first-order chi connectivity index (χ1) is 8.15. The van der Waals surface area contributed by atoms with Gasteiger partial charge < -0.3 is 10.0 Å². The highest BCUT2D eigenvalue weighted by Gasteiger charge is 2.23. The van der Waals surface area contributed by atoms with Gasteiger partial charge in [-0.3, -0.25) is 4.79 Å². The number of hydrogen-bond acceptors (Lipinski definition) is 2. The lowest BCUT2D eigenvalue weighted by molar-refractivity contribution is -0.137. The summed E-state index contributed by atoms with van der Waals surface area (Å²) in [5.41, 5.74) is 1.30. The molecular formula is C13H16ClNO2. The van der Waals surface area contributed by atoms with Crippen LogP contribution in [0.15, 0.2) is 24.3 Å². The van der Waals surface area contributed by atoms with E-state index in [1.165, 1.54) is 5.56 Å². The molecule has 1 atom stereocenters. The molecule has 1 aromatic rings. The second-order valence-corrected chi connectivity index (χ2v) is 4.92. The topological polar surface area (TPSA) is 40.5 Å². The van der Waals surface area contributed by atoms with Crippen molar-refractivity contribution in [3.63, 3.8) is 0 Å². The Balaban J connectivity index is 1.89. The molecule has 0 aromatic heterocycles. The van der Waals surface area contributed by atoms with Crippen molar-refractivity contribution < 1.29 is 9.90 Å². The zero-order valence-corrected chi connectivity index (χ0v) is 10.4. The Kier molecular flexibility index (Phi) is 4.02. The molecule has 0 radical (unpaired) electrons. The molecule has 1 fully saturated rings. The average Bonchev–Trinajstić information content (AvgIpc) is 2.76. The van der Waals surface area contributed by atoms with E-state index in [0.29, 0.717) is 12.5 Å². The summed E-state index contributed by atoms with van der Waals surface area (Å²) in [4.78, 5) is 12.7. The molecule has 0 amide bonds. The minimum atomic E-state index is -0.722. The number of rotatable bonds is 4. The van der Waals surface area contributed by atoms with Gasteiger partial charge in [-0.25, -0.2) is 0 Å². The minimum absolute atomic E-state index is 0.230. The summed E-state index contributed by atoms with van der Waals surface area (Å²) in [6, 6.07) is 7.95. The summed E-state index contributed by atoms with van der Waals surface area (Å²) >= 11 is 5.86. The van der Waals surface area contributed by atoms with Crippen molar-refractivity contribution in [2.24, 2.45) is 0 Å². The zero-order chi connectivity index (χ0) is 12.3. The molecule has 4 heteroatoms. The molecule has 1 saturated heterocycles. The van der Waals surface area contributed by atoms with Gasteiger partial charge >= 0.3 is 5.97 Å². The van der Waals surface area contributed by atoms with E-state index >= 15 is 0 Å². The molecule has 0 bridgehead atoms. The van der Waals surface area contributed by atoms with Gasteiger partial charge in [-0.05, 0) is 36.6 Å². The standard InChI is InChI=1S/C13H16ClNO2/c14-12-3-1-10(2-4-12)11-5-7-15(9-11)8-6-13(16)17/h1-4,11H,5-9H2,(H,16,17)/t11-/m1/s1. The van der Waals surface area contributed by atoms with Crippen molar-refractivity contribution in [2.45, 2.75) is 18.8 Å². The van der Waals surface area contributed by atoms with Crippen molar-refractivity contribution >= 4 is 17.6 Å². The van der Waals surface area contributed by atoms with Crippen molar-refractivity contribution in [2.75, 3.05) is 19.6 Å². The lowest BCUT2D eigenvalue weighted by Gasteiger charge is -2.14. The zero-order valence-electron chi connectivity index (χ0n) is 9.60. The van der Waals surface area contributed by atoms with Crippen molar-refractivity contribution in [1.29, 1.82) is 0 Å². The number of carbonyl (C=O) groups is 1. The van der Waals surface area contributed by atoms with Crippen LogP contribution < -0.4 is 0 Å². The Hall–Kier alpha value is -1.06. The molecule has 1 N–H and O–H groups in total. The summed E-state index contributed by atoms with van der Waals surface area (Å²) in [7, 11) is 0. The summed E-state index contributed by atoms with van der Waals surface area (Å²) in [5, 5.41) is 9.40. The van der Waals surface area contributed by atoms with E-state index < -0.39 is 5.97 Å². The molecule has 1 aromatic carbocycles. The predicted octanol–water partition coefficient (Wildman–Crippen LogP) is 2.60. The van der Waals surface area contributed by atoms with Gasteiger partial charge in [0.1, 0.15) is 0 Å². The van der Waals surface area contributed by atoms with Gasteiger partial charge in [0, 0.05) is 18.1 Å². The highest BCUT2D eigenvalue weighted by Crippen LogP contribution is 2.27. The van der Waals surface area contributed by atoms with Crippen LogP contribution in [0.5, 0.6) is 0 Å². The number of hydrogen-bond donors (Lipinski definition) is 1. The van der Waals surface area contributed by atoms with Crippen LogP contribution >= 0.6 is 11.6 Å². The van der Waals surface area contributed by atoms with Crippen LogP contribution in [0.1, 0.15) is 24.3 Å². The van der Waals surface area contributed by atoms with E-state index in [9.17, 15) is 4.79 Å². The second-order valence-electron chi connectivity index (χ2n) is 4.48. The smallest absolute Gasteiger partial charge is 0.304 e. The van der Waals surface area contributed by atoms with Crippen molar-refractivity contribution in [1.82, 2.24) is 4.90 Å². The van der Waals surface area contributed by atoms with Crippen LogP contribution in [0, 0.1) is 0 Å². The molecule has 1 aliphatic heterocycles. The van der Waals surface area contributed by atoms with Crippen LogP contribution in [-0.4, -0.2) is 35.6 Å². The second kappa shape index (κ2) is 5.52. The number of halogens is 1. The lowest BCUT2D eigenvalue weighted by Crippen LogP contribution is -2.23. The third-order valence-corrected chi connectivity index (χ3v) is 3.51. The maximum atomic E-state index is 10.5. The maximum absolute atomic E-state index is 10.5. The molecule has 17 heavy (non-hydrogen) atoms. The SMILES string of the molecule is O=C(O)CCN1CC[C@@H](c2ccc(Cl)cc2)C1. The highest BCUT2D eigenvalue weighted by atomic mass is 35.5. The summed E-state index contributed by atoms with van der Waals surface area (Å²) < 4.78 is 0. The van der Waals surface area contributed by atoms with Gasteiger partial charge in [0.25, 0.3) is 0 Å². The molecule has 92 valence electrons. The largest absolute Gasteiger partial charge is 0.481 e. The van der Waals surface area contributed by atoms with E-state index in [2.05, 4.69) is 17.0 Å². The predicted molar refractivity (Wildman–Crippen MR) is 67.5 cm³/mol. The van der Waals surface area contributed by atoms with Gasteiger partial charge in [0.15, 0.2) is 0 Å². The molecular weight excluding hydrogens is 238 g/mol. The van der Waals surface area contributed by atoms with Gasteiger partial charge in [-0.2, -0.15) is 0 Å². The highest BCUT2D eigenvalue weighted by molar-refractivity contribution is 6.30. The number of aliphatic carboxylic acids is 1. The molecule has 0 aliphatic carbocycles. The quantitative estimate of drug-likeness (QED) is 0.897. The van der Waals surface area contributed by atoms with Crippen molar-refractivity contribution in [3.05, 3.63) is 34.9 Å². The lowest BCUT2D eigenvalue weighted by atomic mass is 9.99. The Bertz CT molecular complexity index is 391. The van der Waals surface area contributed by atoms with Gasteiger partial charge in [0.05, 0.1) is 6.42 Å². The Morgan fingerprint density at radius 1 is 1.41 bits per heavy atom. The normalized spacial score (nSPS) is 20.6. The van der Waals surface area contributed by atoms with E-state index in [4.69, 9.17) is 16.7 Å². The first kappa shape index (κ1) is 12.4. The van der Waals surface area contributed by atoms with Crippen LogP contribution in [-0.2, 0) is 4.79 Å². The average molecular weight is 254 g/mol. The molecule has 1 aliphatic rings. The number of carboxylic acids is 1. The van der Waals surface area contributed by atoms with E-state index in [-0.39, 0.29) is 6.42 Å². The number of likely N-dealkylation sites (tertiary alicyclic amines) is 1. The fourth-order valence-corrected chi connectivity index (χ4v) is 2.42. The van der Waals surface area contributed by atoms with E-state index in [1.807, 2.05) is 12.1 Å². The molecule has 0 saturated carbocycles. The molecule has 0 unspecified atom stereocenters. The van der Waals surface area contributed by atoms with Crippen LogP contribution in [0.3, 0.4) is 0 Å². The molecule has 3 nitrogen and oxygen atoms in total. The van der Waals surface area contributed by atoms with E-state index in [1.54, 1.807) is 0 Å². The Labute approximate surface area is 106 Å². The van der Waals surface area contributed by atoms with Gasteiger partial charge in [-0.1, -0.05) is 23.7 Å². The monoisotopic (exact) mass is 253 g/mol. The maximum Gasteiger partial charge on any atom is 0.304 e. The van der Waals surface area contributed by atoms with Crippen LogP contribution in [0.2, 0.25) is 5.02 Å². The number of carboxylic acid groups (broad SMARTS) is 1. The van der Waals surface area contributed by atoms with Crippen LogP contribution in [0.4, 0.5) is 0 Å². The minimum Gasteiger partial charge on any atom is -0.481 e. The number of benzene rings is 1. The third kappa shape index (κ3) is 3.45. The van der Waals surface area contributed by atoms with Crippen LogP contribution in [0.25, 0.3) is 0 Å². The summed E-state index contributed by atoms with van der Waals surface area (Å²) in [6.45, 7) is 2.59.